The van der Waals surface area contributed by atoms with E-state index in [1.807, 2.05) is 0 Å². The molecule has 0 aromatic carbocycles. The lowest BCUT2D eigenvalue weighted by Gasteiger charge is -2.11. The molecule has 0 heterocycles. The average Bonchev–Trinajstić information content (AvgIpc) is 3.95. The van der Waals surface area contributed by atoms with Crippen LogP contribution in [0, 0.1) is 0 Å². The van der Waals surface area contributed by atoms with Gasteiger partial charge in [0.1, 0.15) is 0 Å². The number of allylic oxidation sites excluding steroid dienone is 30. The van der Waals surface area contributed by atoms with Crippen molar-refractivity contribution in [2.75, 3.05) is 0 Å². The lowest BCUT2D eigenvalue weighted by molar-refractivity contribution is 0.899. The van der Waals surface area contributed by atoms with Gasteiger partial charge in [-0.25, -0.2) is 0 Å². The molecule has 0 amide bonds. The Bertz CT molecular complexity index is 2110. The van der Waals surface area contributed by atoms with Gasteiger partial charge in [0.2, 0.25) is 0 Å². The summed E-state index contributed by atoms with van der Waals surface area (Å²) in [5.74, 6) is 0. The summed E-state index contributed by atoms with van der Waals surface area (Å²) in [4.78, 5) is 0. The van der Waals surface area contributed by atoms with Crippen LogP contribution in [0.2, 0.25) is 0 Å². The van der Waals surface area contributed by atoms with Crippen LogP contribution in [0.4, 0.5) is 0 Å². The molecule has 0 atom stereocenters. The molecule has 280 valence electrons. The fraction of sp³-hybridized carbons (Fsp3) is 0.444. The largest absolute Gasteiger partial charge is 0.0776 e. The Hall–Kier alpha value is -3.90. The molecule has 0 N–H and O–H groups in total. The summed E-state index contributed by atoms with van der Waals surface area (Å²) in [7, 11) is 0. The second-order valence-electron chi connectivity index (χ2n) is 18.3. The van der Waals surface area contributed by atoms with Gasteiger partial charge in [0.15, 0.2) is 0 Å². The predicted molar refractivity (Wildman–Crippen MR) is 233 cm³/mol. The van der Waals surface area contributed by atoms with Gasteiger partial charge < -0.3 is 0 Å². The van der Waals surface area contributed by atoms with Crippen LogP contribution in [-0.4, -0.2) is 0 Å². The van der Waals surface area contributed by atoms with Crippen LogP contribution in [0.1, 0.15) is 159 Å². The molecule has 0 aromatic rings. The normalized spacial score (nSPS) is 24.9. The van der Waals surface area contributed by atoms with Gasteiger partial charge >= 0.3 is 0 Å². The maximum absolute atomic E-state index is 2.62. The highest BCUT2D eigenvalue weighted by Crippen LogP contribution is 2.51. The molecule has 9 aliphatic rings. The van der Waals surface area contributed by atoms with Gasteiger partial charge in [-0.05, 0) is 241 Å². The third kappa shape index (κ3) is 6.30. The van der Waals surface area contributed by atoms with Crippen molar-refractivity contribution in [2.45, 2.75) is 159 Å². The molecule has 0 spiro atoms. The first-order valence-electron chi connectivity index (χ1n) is 21.1. The molecule has 9 aliphatic carbocycles. The molecule has 0 saturated carbocycles. The standard InChI is InChI=1S/C53H60.CH4/c1-30-18-32(3)48(20-30)42-12-9-14-44(42)50-26-38(22-34(50)5)40-24-36(7)52(28-40)46-16-11-17-47(46)53-29-41(25-37(53)8)39-23-35(6)51(27-39)45-15-10-13-43(45)49-21-31(2)19-33(49)4;/h20-21,26-29H,9-19,22-25H2,1-8H3;1H4. The lowest BCUT2D eigenvalue weighted by Crippen LogP contribution is -1.92. The Balaban J connectivity index is 0.00000413. The maximum Gasteiger partial charge on any atom is -0.00577 e. The van der Waals surface area contributed by atoms with Crippen molar-refractivity contribution < 1.29 is 0 Å². The Morgan fingerprint density at radius 1 is 0.278 bits per heavy atom. The summed E-state index contributed by atoms with van der Waals surface area (Å²) in [5.41, 5.74) is 38.1. The Kier molecular flexibility index (Phi) is 9.82. The Labute approximate surface area is 328 Å². The van der Waals surface area contributed by atoms with Crippen LogP contribution in [-0.2, 0) is 0 Å². The average molecular weight is 713 g/mol. The molecular weight excluding hydrogens is 649 g/mol. The second kappa shape index (κ2) is 14.3. The van der Waals surface area contributed by atoms with Crippen LogP contribution in [0.3, 0.4) is 0 Å². The zero-order valence-electron chi connectivity index (χ0n) is 34.1. The minimum Gasteiger partial charge on any atom is -0.0776 e. The van der Waals surface area contributed by atoms with Gasteiger partial charge in [-0.2, -0.15) is 0 Å². The van der Waals surface area contributed by atoms with E-state index in [0.717, 1.165) is 38.5 Å². The first-order valence-corrected chi connectivity index (χ1v) is 21.1. The van der Waals surface area contributed by atoms with Crippen LogP contribution in [0.25, 0.3) is 0 Å². The van der Waals surface area contributed by atoms with Crippen molar-refractivity contribution in [1.29, 1.82) is 0 Å². The van der Waals surface area contributed by atoms with Gasteiger partial charge in [0.05, 0.1) is 0 Å². The fourth-order valence-corrected chi connectivity index (χ4v) is 11.7. The number of rotatable bonds is 8. The van der Waals surface area contributed by atoms with Gasteiger partial charge in [0, 0.05) is 0 Å². The van der Waals surface area contributed by atoms with Crippen molar-refractivity contribution in [3.63, 3.8) is 0 Å². The quantitative estimate of drug-likeness (QED) is 0.235. The van der Waals surface area contributed by atoms with Crippen molar-refractivity contribution in [2.24, 2.45) is 0 Å². The highest BCUT2D eigenvalue weighted by molar-refractivity contribution is 5.69. The topological polar surface area (TPSA) is 0 Å². The van der Waals surface area contributed by atoms with Crippen LogP contribution in [0.5, 0.6) is 0 Å². The summed E-state index contributed by atoms with van der Waals surface area (Å²) >= 11 is 0. The molecule has 54 heavy (non-hydrogen) atoms. The van der Waals surface area contributed by atoms with Crippen molar-refractivity contribution in [1.82, 2.24) is 0 Å². The minimum absolute atomic E-state index is 0. The number of hydrogen-bond acceptors (Lipinski definition) is 0. The number of hydrogen-bond donors (Lipinski definition) is 0. The van der Waals surface area contributed by atoms with E-state index in [9.17, 15) is 0 Å². The van der Waals surface area contributed by atoms with Gasteiger partial charge in [-0.3, -0.25) is 0 Å². The molecule has 0 saturated heterocycles. The summed E-state index contributed by atoms with van der Waals surface area (Å²) < 4.78 is 0. The smallest absolute Gasteiger partial charge is 0.00577 e. The molecule has 0 heteroatoms. The van der Waals surface area contributed by atoms with E-state index >= 15 is 0 Å². The third-order valence-corrected chi connectivity index (χ3v) is 14.2. The molecule has 0 radical (unpaired) electrons. The highest BCUT2D eigenvalue weighted by Gasteiger charge is 2.32. The van der Waals surface area contributed by atoms with Crippen molar-refractivity contribution >= 4 is 0 Å². The predicted octanol–water partition coefficient (Wildman–Crippen LogP) is 16.0. The van der Waals surface area contributed by atoms with Gasteiger partial charge in [0.25, 0.3) is 0 Å². The monoisotopic (exact) mass is 713 g/mol. The fourth-order valence-electron chi connectivity index (χ4n) is 11.7. The van der Waals surface area contributed by atoms with Crippen molar-refractivity contribution in [3.05, 3.63) is 170 Å². The molecule has 0 nitrogen and oxygen atoms in total. The Morgan fingerprint density at radius 2 is 0.481 bits per heavy atom. The minimum atomic E-state index is 0. The van der Waals surface area contributed by atoms with E-state index in [1.54, 1.807) is 123 Å². The molecule has 0 bridgehead atoms. The van der Waals surface area contributed by atoms with Crippen LogP contribution < -0.4 is 0 Å². The van der Waals surface area contributed by atoms with E-state index in [-0.39, 0.29) is 7.43 Å². The molecule has 0 unspecified atom stereocenters. The Morgan fingerprint density at radius 3 is 0.685 bits per heavy atom. The van der Waals surface area contributed by atoms with Gasteiger partial charge in [-0.15, -0.1) is 0 Å². The zero-order valence-corrected chi connectivity index (χ0v) is 34.1. The van der Waals surface area contributed by atoms with E-state index < -0.39 is 0 Å². The zero-order chi connectivity index (χ0) is 36.7. The third-order valence-electron chi connectivity index (χ3n) is 14.2. The first kappa shape index (κ1) is 37.0. The van der Waals surface area contributed by atoms with Crippen LogP contribution in [0.15, 0.2) is 170 Å². The molecule has 0 fully saturated rings. The summed E-state index contributed by atoms with van der Waals surface area (Å²) in [5, 5.41) is 0. The van der Waals surface area contributed by atoms with E-state index in [0.29, 0.717) is 0 Å². The first-order chi connectivity index (χ1) is 25.5. The SMILES string of the molecule is C.CC1=CC(C2=C(C3=C(C)CC(C4=CC(C5=C(C6=C(C)CC(C7=CC(C8=C(C9=C(C)CC(C)=C9)CCC8)=C(C)C7)=C6)CCC5)=C(C)C4)=C3)CCC2)=C(C)C1. The summed E-state index contributed by atoms with van der Waals surface area (Å²) in [6.07, 6.45) is 33.5. The van der Waals surface area contributed by atoms with E-state index in [4.69, 9.17) is 0 Å². The van der Waals surface area contributed by atoms with Crippen molar-refractivity contribution in [3.8, 4) is 0 Å². The van der Waals surface area contributed by atoms with E-state index in [1.165, 1.54) is 68.9 Å². The molecule has 9 rings (SSSR count). The molecule has 0 aliphatic heterocycles. The summed E-state index contributed by atoms with van der Waals surface area (Å²) in [6.45, 7) is 19.0. The second-order valence-corrected chi connectivity index (χ2v) is 18.3. The maximum atomic E-state index is 2.62. The van der Waals surface area contributed by atoms with Crippen LogP contribution >= 0.6 is 0 Å². The molecular formula is C54H64. The van der Waals surface area contributed by atoms with E-state index in [2.05, 4.69) is 91.8 Å². The van der Waals surface area contributed by atoms with Gasteiger partial charge in [-0.1, -0.05) is 88.5 Å². The highest BCUT2D eigenvalue weighted by atomic mass is 14.4. The lowest BCUT2D eigenvalue weighted by atomic mass is 9.94. The summed E-state index contributed by atoms with van der Waals surface area (Å²) in [6, 6.07) is 0. The molecule has 0 aromatic heterocycles.